The first kappa shape index (κ1) is 22.5. The van der Waals surface area contributed by atoms with E-state index < -0.39 is 0 Å². The number of methoxy groups -OCH3 is 1. The Kier molecular flexibility index (Phi) is 6.66. The highest BCUT2D eigenvalue weighted by molar-refractivity contribution is 5.77. The Balaban J connectivity index is 1.29. The van der Waals surface area contributed by atoms with Gasteiger partial charge < -0.3 is 19.5 Å². The van der Waals surface area contributed by atoms with Crippen LogP contribution < -0.4 is 19.5 Å². The summed E-state index contributed by atoms with van der Waals surface area (Å²) >= 11 is 0. The fraction of sp³-hybridized carbons (Fsp3) is 0.214. The highest BCUT2D eigenvalue weighted by Gasteiger charge is 2.18. The Hall–Kier alpha value is -4.26. The van der Waals surface area contributed by atoms with Gasteiger partial charge in [-0.25, -0.2) is 4.68 Å². The molecular formula is C28H27N3O4. The summed E-state index contributed by atoms with van der Waals surface area (Å²) in [6.45, 7) is 0.774. The van der Waals surface area contributed by atoms with Crippen molar-refractivity contribution in [2.45, 2.75) is 19.3 Å². The maximum atomic E-state index is 12.6. The number of fused-ring (bicyclic) bond motifs is 1. The highest BCUT2D eigenvalue weighted by Crippen LogP contribution is 2.36. The van der Waals surface area contributed by atoms with Crippen LogP contribution >= 0.6 is 0 Å². The highest BCUT2D eigenvalue weighted by atomic mass is 16.7. The van der Waals surface area contributed by atoms with Crippen LogP contribution in [0, 0.1) is 0 Å². The van der Waals surface area contributed by atoms with Crippen molar-refractivity contribution in [3.05, 3.63) is 90.1 Å². The predicted molar refractivity (Wildman–Crippen MR) is 133 cm³/mol. The summed E-state index contributed by atoms with van der Waals surface area (Å²) in [5.41, 5.74) is 4.78. The maximum absolute atomic E-state index is 12.6. The predicted octanol–water partition coefficient (Wildman–Crippen LogP) is 4.57. The molecule has 7 nitrogen and oxygen atoms in total. The topological polar surface area (TPSA) is 74.6 Å². The molecule has 0 saturated heterocycles. The van der Waals surface area contributed by atoms with Crippen LogP contribution in [0.2, 0.25) is 0 Å². The molecule has 1 amide bonds. The summed E-state index contributed by atoms with van der Waals surface area (Å²) in [6.07, 6.45) is 3.64. The third-order valence-corrected chi connectivity index (χ3v) is 5.99. The van der Waals surface area contributed by atoms with Gasteiger partial charge in [-0.3, -0.25) is 4.79 Å². The standard InChI is InChI=1S/C28H27N3O4/c1-33-24-10-6-5-7-20(24)15-16-29-27(32)14-12-22-18-31(23-8-3-2-4-9-23)30-28(22)21-11-13-25-26(17-21)35-19-34-25/h2-11,13,17-18H,12,14-16,19H2,1H3,(H,29,32). The molecule has 0 saturated carbocycles. The molecule has 7 heteroatoms. The molecule has 0 spiro atoms. The summed E-state index contributed by atoms with van der Waals surface area (Å²) in [7, 11) is 1.66. The lowest BCUT2D eigenvalue weighted by Gasteiger charge is -2.09. The average molecular weight is 470 g/mol. The number of nitrogens with one attached hydrogen (secondary N) is 1. The number of hydrogen-bond acceptors (Lipinski definition) is 5. The van der Waals surface area contributed by atoms with Gasteiger partial charge in [0.15, 0.2) is 11.5 Å². The fourth-order valence-corrected chi connectivity index (χ4v) is 4.18. The van der Waals surface area contributed by atoms with Gasteiger partial charge in [0.2, 0.25) is 12.7 Å². The second kappa shape index (κ2) is 10.3. The van der Waals surface area contributed by atoms with Crippen molar-refractivity contribution in [2.24, 2.45) is 0 Å². The third-order valence-electron chi connectivity index (χ3n) is 5.99. The number of rotatable bonds is 9. The molecule has 1 aliphatic rings. The van der Waals surface area contributed by atoms with Crippen molar-refractivity contribution in [1.29, 1.82) is 0 Å². The number of hydrogen-bond donors (Lipinski definition) is 1. The molecule has 5 rings (SSSR count). The van der Waals surface area contributed by atoms with Crippen LogP contribution in [0.3, 0.4) is 0 Å². The van der Waals surface area contributed by atoms with E-state index in [2.05, 4.69) is 5.32 Å². The van der Waals surface area contributed by atoms with Crippen molar-refractivity contribution < 1.29 is 19.0 Å². The molecule has 0 fully saturated rings. The molecular weight excluding hydrogens is 442 g/mol. The molecule has 178 valence electrons. The van der Waals surface area contributed by atoms with Crippen LogP contribution in [0.25, 0.3) is 16.9 Å². The van der Waals surface area contributed by atoms with Gasteiger partial charge in [0.1, 0.15) is 5.75 Å². The third kappa shape index (κ3) is 5.14. The first-order valence-electron chi connectivity index (χ1n) is 11.6. The number of para-hydroxylation sites is 2. The van der Waals surface area contributed by atoms with Gasteiger partial charge in [-0.1, -0.05) is 36.4 Å². The van der Waals surface area contributed by atoms with E-state index in [0.29, 0.717) is 31.6 Å². The number of aromatic nitrogens is 2. The van der Waals surface area contributed by atoms with Crippen LogP contribution in [0.5, 0.6) is 17.2 Å². The smallest absolute Gasteiger partial charge is 0.231 e. The Bertz CT molecular complexity index is 1320. The molecule has 0 unspecified atom stereocenters. The zero-order chi connectivity index (χ0) is 24.0. The molecule has 0 aliphatic carbocycles. The molecule has 1 N–H and O–H groups in total. The van der Waals surface area contributed by atoms with Gasteiger partial charge in [0, 0.05) is 24.7 Å². The van der Waals surface area contributed by atoms with E-state index in [1.807, 2.05) is 83.7 Å². The Morgan fingerprint density at radius 2 is 1.77 bits per heavy atom. The van der Waals surface area contributed by atoms with Crippen molar-refractivity contribution in [3.63, 3.8) is 0 Å². The van der Waals surface area contributed by atoms with E-state index in [1.54, 1.807) is 7.11 Å². The number of carbonyl (C=O) groups excluding carboxylic acids is 1. The van der Waals surface area contributed by atoms with Crippen LogP contribution in [0.1, 0.15) is 17.5 Å². The normalized spacial score (nSPS) is 11.9. The van der Waals surface area contributed by atoms with Gasteiger partial charge >= 0.3 is 0 Å². The SMILES string of the molecule is COc1ccccc1CCNC(=O)CCc1cn(-c2ccccc2)nc1-c1ccc2c(c1)OCO2. The molecule has 2 heterocycles. The van der Waals surface area contributed by atoms with Crippen LogP contribution in [0.4, 0.5) is 0 Å². The largest absolute Gasteiger partial charge is 0.496 e. The van der Waals surface area contributed by atoms with Gasteiger partial charge in [0.05, 0.1) is 18.5 Å². The first-order valence-corrected chi connectivity index (χ1v) is 11.6. The lowest BCUT2D eigenvalue weighted by molar-refractivity contribution is -0.121. The number of ether oxygens (including phenoxy) is 3. The van der Waals surface area contributed by atoms with Crippen molar-refractivity contribution >= 4 is 5.91 Å². The Labute approximate surface area is 204 Å². The quantitative estimate of drug-likeness (QED) is 0.389. The molecule has 0 bridgehead atoms. The summed E-state index contributed by atoms with van der Waals surface area (Å²) in [5.74, 6) is 2.27. The van der Waals surface area contributed by atoms with E-state index in [0.717, 1.165) is 39.6 Å². The Morgan fingerprint density at radius 1 is 0.971 bits per heavy atom. The summed E-state index contributed by atoms with van der Waals surface area (Å²) in [4.78, 5) is 12.6. The molecule has 0 radical (unpaired) electrons. The lowest BCUT2D eigenvalue weighted by Crippen LogP contribution is -2.26. The van der Waals surface area contributed by atoms with Gasteiger partial charge in [0.25, 0.3) is 0 Å². The zero-order valence-electron chi connectivity index (χ0n) is 19.6. The Morgan fingerprint density at radius 3 is 2.63 bits per heavy atom. The van der Waals surface area contributed by atoms with E-state index in [1.165, 1.54) is 0 Å². The number of benzene rings is 3. The minimum atomic E-state index is 0.00370. The number of amides is 1. The van der Waals surface area contributed by atoms with Crippen molar-refractivity contribution in [2.75, 3.05) is 20.4 Å². The maximum Gasteiger partial charge on any atom is 0.231 e. The minimum Gasteiger partial charge on any atom is -0.496 e. The lowest BCUT2D eigenvalue weighted by atomic mass is 10.0. The fourth-order valence-electron chi connectivity index (χ4n) is 4.18. The van der Waals surface area contributed by atoms with Gasteiger partial charge in [-0.15, -0.1) is 0 Å². The molecule has 1 aliphatic heterocycles. The summed E-state index contributed by atoms with van der Waals surface area (Å²) in [6, 6.07) is 23.6. The monoisotopic (exact) mass is 469 g/mol. The number of aryl methyl sites for hydroxylation is 1. The van der Waals surface area contributed by atoms with E-state index in [-0.39, 0.29) is 12.7 Å². The molecule has 4 aromatic rings. The van der Waals surface area contributed by atoms with E-state index in [4.69, 9.17) is 19.3 Å². The molecule has 1 aromatic heterocycles. The second-order valence-corrected chi connectivity index (χ2v) is 8.26. The first-order chi connectivity index (χ1) is 17.2. The molecule has 0 atom stereocenters. The van der Waals surface area contributed by atoms with E-state index in [9.17, 15) is 4.79 Å². The van der Waals surface area contributed by atoms with Gasteiger partial charge in [-0.2, -0.15) is 5.10 Å². The van der Waals surface area contributed by atoms with Crippen LogP contribution in [-0.2, 0) is 17.6 Å². The van der Waals surface area contributed by atoms with Gasteiger partial charge in [-0.05, 0) is 60.4 Å². The van der Waals surface area contributed by atoms with Crippen molar-refractivity contribution in [1.82, 2.24) is 15.1 Å². The second-order valence-electron chi connectivity index (χ2n) is 8.26. The summed E-state index contributed by atoms with van der Waals surface area (Å²) in [5, 5.41) is 7.88. The van der Waals surface area contributed by atoms with Crippen molar-refractivity contribution in [3.8, 4) is 34.2 Å². The number of carbonyl (C=O) groups is 1. The minimum absolute atomic E-state index is 0.00370. The molecule has 35 heavy (non-hydrogen) atoms. The zero-order valence-corrected chi connectivity index (χ0v) is 19.6. The summed E-state index contributed by atoms with van der Waals surface area (Å²) < 4.78 is 18.3. The average Bonchev–Trinajstić information content (AvgIpc) is 3.55. The number of nitrogens with zero attached hydrogens (tertiary/aromatic N) is 2. The molecule has 3 aromatic carbocycles. The van der Waals surface area contributed by atoms with Crippen LogP contribution in [0.15, 0.2) is 79.0 Å². The van der Waals surface area contributed by atoms with E-state index >= 15 is 0 Å². The van der Waals surface area contributed by atoms with Crippen LogP contribution in [-0.4, -0.2) is 36.1 Å².